The van der Waals surface area contributed by atoms with E-state index in [0.717, 1.165) is 0 Å². The van der Waals surface area contributed by atoms with Gasteiger partial charge in [0, 0.05) is 12.1 Å². The van der Waals surface area contributed by atoms with E-state index in [2.05, 4.69) is 0 Å². The van der Waals surface area contributed by atoms with Gasteiger partial charge in [0.2, 0.25) is 0 Å². The highest BCUT2D eigenvalue weighted by molar-refractivity contribution is 6.53. The van der Waals surface area contributed by atoms with Crippen LogP contribution >= 0.6 is 92.8 Å². The Morgan fingerprint density at radius 2 is 1.04 bits per heavy atom. The summed E-state index contributed by atoms with van der Waals surface area (Å²) < 4.78 is 10.9. The van der Waals surface area contributed by atoms with E-state index in [9.17, 15) is 5.11 Å². The van der Waals surface area contributed by atoms with Crippen LogP contribution in [0.4, 0.5) is 0 Å². The molecule has 2 aromatic rings. The molecule has 0 aromatic heterocycles. The van der Waals surface area contributed by atoms with Crippen molar-refractivity contribution in [3.63, 3.8) is 0 Å². The van der Waals surface area contributed by atoms with Crippen molar-refractivity contribution in [1.82, 2.24) is 0 Å². The van der Waals surface area contributed by atoms with Gasteiger partial charge in [0.25, 0.3) is 0 Å². The van der Waals surface area contributed by atoms with Gasteiger partial charge in [-0.2, -0.15) is 0 Å². The average molecular weight is 520 g/mol. The van der Waals surface area contributed by atoms with E-state index in [-0.39, 0.29) is 58.1 Å². The maximum atomic E-state index is 10.7. The van der Waals surface area contributed by atoms with Gasteiger partial charge in [-0.1, -0.05) is 99.7 Å². The molecule has 142 valence electrons. The van der Waals surface area contributed by atoms with Crippen LogP contribution in [-0.4, -0.2) is 11.1 Å². The molecule has 3 nitrogen and oxygen atoms in total. The highest BCUT2D eigenvalue weighted by Crippen LogP contribution is 2.45. The summed E-state index contributed by atoms with van der Waals surface area (Å²) in [6.45, 7) is 1.58. The van der Waals surface area contributed by atoms with E-state index in [1.165, 1.54) is 12.1 Å². The first-order chi connectivity index (χ1) is 12.0. The third-order valence-electron chi connectivity index (χ3n) is 3.12. The lowest BCUT2D eigenvalue weighted by Crippen LogP contribution is -2.41. The third-order valence-corrected chi connectivity index (χ3v) is 6.59. The molecule has 2 aromatic carbocycles. The minimum Gasteiger partial charge on any atom is -0.428 e. The highest BCUT2D eigenvalue weighted by atomic mass is 35.5. The van der Waals surface area contributed by atoms with Crippen molar-refractivity contribution in [2.75, 3.05) is 0 Å². The molecule has 0 saturated heterocycles. The Balaban J connectivity index is 2.42. The highest BCUT2D eigenvalue weighted by Gasteiger charge is 2.33. The minimum absolute atomic E-state index is 0.0371. The summed E-state index contributed by atoms with van der Waals surface area (Å²) in [6.07, 6.45) is -0.0462. The van der Waals surface area contributed by atoms with Gasteiger partial charge in [-0.05, 0) is 0 Å². The summed E-state index contributed by atoms with van der Waals surface area (Å²) in [5, 5.41) is 10.7. The molecule has 1 N–H and O–H groups in total. The molecule has 26 heavy (non-hydrogen) atoms. The zero-order valence-electron chi connectivity index (χ0n) is 12.6. The van der Waals surface area contributed by atoms with Crippen molar-refractivity contribution in [3.05, 3.63) is 52.3 Å². The summed E-state index contributed by atoms with van der Waals surface area (Å²) in [5.74, 6) is -2.32. The second kappa shape index (κ2) is 8.77. The fraction of sp³-hybridized carbons (Fsp3) is 0.200. The van der Waals surface area contributed by atoms with Crippen molar-refractivity contribution in [2.24, 2.45) is 0 Å². The lowest BCUT2D eigenvalue weighted by atomic mass is 10.3. The smallest absolute Gasteiger partial charge is 0.368 e. The van der Waals surface area contributed by atoms with E-state index >= 15 is 0 Å². The van der Waals surface area contributed by atoms with Gasteiger partial charge in [0.15, 0.2) is 0 Å². The molecule has 0 aliphatic rings. The number of ether oxygens (including phenoxy) is 2. The molecule has 2 rings (SSSR count). The van der Waals surface area contributed by atoms with E-state index in [1.807, 2.05) is 0 Å². The molecule has 0 saturated carbocycles. The molecule has 0 spiro atoms. The Labute approximate surface area is 189 Å². The lowest BCUT2D eigenvalue weighted by molar-refractivity contribution is -0.273. The molecule has 0 heterocycles. The zero-order chi connectivity index (χ0) is 19.8. The Morgan fingerprint density at radius 1 is 0.692 bits per heavy atom. The maximum Gasteiger partial charge on any atom is 0.368 e. The van der Waals surface area contributed by atoms with Crippen LogP contribution in [0.25, 0.3) is 0 Å². The van der Waals surface area contributed by atoms with E-state index in [4.69, 9.17) is 102 Å². The van der Waals surface area contributed by atoms with Crippen LogP contribution in [0.3, 0.4) is 0 Å². The Kier molecular flexibility index (Phi) is 7.63. The summed E-state index contributed by atoms with van der Waals surface area (Å²) >= 11 is 47.9. The maximum absolute atomic E-state index is 10.7. The first kappa shape index (κ1) is 22.6. The molecule has 0 aliphatic carbocycles. The van der Waals surface area contributed by atoms with Crippen LogP contribution in [0.5, 0.6) is 11.5 Å². The topological polar surface area (TPSA) is 38.7 Å². The summed E-state index contributed by atoms with van der Waals surface area (Å²) in [5.41, 5.74) is 0. The van der Waals surface area contributed by atoms with Gasteiger partial charge in [-0.25, -0.2) is 0 Å². The fourth-order valence-corrected chi connectivity index (χ4v) is 3.40. The molecule has 0 aliphatic heterocycles. The molecular weight excluding hydrogens is 512 g/mol. The van der Waals surface area contributed by atoms with E-state index in [1.54, 1.807) is 6.92 Å². The number of rotatable bonds is 5. The van der Waals surface area contributed by atoms with Gasteiger partial charge in [0.1, 0.15) is 21.5 Å². The molecule has 0 bridgehead atoms. The second-order valence-electron chi connectivity index (χ2n) is 4.87. The number of halogens is 8. The van der Waals surface area contributed by atoms with Crippen LogP contribution in [-0.2, 0) is 0 Å². The Hall–Kier alpha value is 0.320. The van der Waals surface area contributed by atoms with Crippen molar-refractivity contribution in [2.45, 2.75) is 19.3 Å². The van der Waals surface area contributed by atoms with Gasteiger partial charge in [0.05, 0.1) is 36.6 Å². The fourth-order valence-electron chi connectivity index (χ4n) is 1.76. The Morgan fingerprint density at radius 3 is 1.35 bits per heavy atom. The lowest BCUT2D eigenvalue weighted by Gasteiger charge is -2.29. The largest absolute Gasteiger partial charge is 0.428 e. The van der Waals surface area contributed by atoms with Gasteiger partial charge < -0.3 is 14.6 Å². The average Bonchev–Trinajstić information content (AvgIpc) is 2.60. The summed E-state index contributed by atoms with van der Waals surface area (Å²) in [6, 6.07) is 2.57. The molecule has 0 atom stereocenters. The first-order valence-corrected chi connectivity index (χ1v) is 9.79. The number of aliphatic hydroxyl groups is 1. The van der Waals surface area contributed by atoms with E-state index < -0.39 is 5.97 Å². The molecule has 0 unspecified atom stereocenters. The van der Waals surface area contributed by atoms with Gasteiger partial charge in [-0.3, -0.25) is 0 Å². The van der Waals surface area contributed by atoms with Crippen molar-refractivity contribution in [1.29, 1.82) is 0 Å². The van der Waals surface area contributed by atoms with Gasteiger partial charge in [-0.15, -0.1) is 0 Å². The summed E-state index contributed by atoms with van der Waals surface area (Å²) in [4.78, 5) is 0. The number of benzene rings is 2. The van der Waals surface area contributed by atoms with Crippen molar-refractivity contribution >= 4 is 92.8 Å². The SMILES string of the molecule is CCC(O)(Oc1cc(Cl)c(Cl)c(Cl)c1Cl)Oc1cc(Cl)c(Cl)c(Cl)c1Cl. The Bertz CT molecular complexity index is 790. The quantitative estimate of drug-likeness (QED) is 0.245. The van der Waals surface area contributed by atoms with Crippen LogP contribution in [0.15, 0.2) is 12.1 Å². The third kappa shape index (κ3) is 4.65. The second-order valence-corrected chi connectivity index (χ2v) is 7.95. The molecule has 0 fully saturated rings. The number of hydrogen-bond acceptors (Lipinski definition) is 3. The van der Waals surface area contributed by atoms with Crippen LogP contribution in [0, 0.1) is 0 Å². The number of hydrogen-bond donors (Lipinski definition) is 1. The van der Waals surface area contributed by atoms with Crippen molar-refractivity contribution in [3.8, 4) is 11.5 Å². The predicted molar refractivity (Wildman–Crippen MR) is 109 cm³/mol. The summed E-state index contributed by atoms with van der Waals surface area (Å²) in [7, 11) is 0. The van der Waals surface area contributed by atoms with Crippen molar-refractivity contribution < 1.29 is 14.6 Å². The van der Waals surface area contributed by atoms with Crippen LogP contribution in [0.2, 0.25) is 40.2 Å². The van der Waals surface area contributed by atoms with Gasteiger partial charge >= 0.3 is 5.97 Å². The van der Waals surface area contributed by atoms with E-state index in [0.29, 0.717) is 0 Å². The molecule has 0 amide bonds. The van der Waals surface area contributed by atoms with Crippen LogP contribution < -0.4 is 9.47 Å². The molecule has 11 heteroatoms. The molecule has 0 radical (unpaired) electrons. The molecular formula is C15H8Cl8O3. The minimum atomic E-state index is -2.20. The predicted octanol–water partition coefficient (Wildman–Crippen LogP) is 8.43. The normalized spacial score (nSPS) is 11.6. The first-order valence-electron chi connectivity index (χ1n) is 6.77. The van der Waals surface area contributed by atoms with Crippen LogP contribution in [0.1, 0.15) is 13.3 Å². The monoisotopic (exact) mass is 516 g/mol. The zero-order valence-corrected chi connectivity index (χ0v) is 18.7. The standard InChI is InChI=1S/C15H8Cl8O3/c1-2-15(24,25-7-3-5(16)9(18)13(22)11(7)20)26-8-4-6(17)10(19)14(23)12(8)21/h3-4,24H,2H2,1H3.